The number of rotatable bonds is 6. The van der Waals surface area contributed by atoms with Crippen molar-refractivity contribution in [3.05, 3.63) is 60.2 Å². The summed E-state index contributed by atoms with van der Waals surface area (Å²) in [6.45, 7) is 4.21. The molecular formula is C20H24N2O3. The largest absolute Gasteiger partial charge is 0.493 e. The van der Waals surface area contributed by atoms with Crippen LogP contribution in [0.3, 0.4) is 0 Å². The summed E-state index contributed by atoms with van der Waals surface area (Å²) in [6, 6.07) is 17.8. The monoisotopic (exact) mass is 340 g/mol. The molecule has 0 aromatic heterocycles. The van der Waals surface area contributed by atoms with Crippen LogP contribution in [-0.2, 0) is 11.3 Å². The van der Waals surface area contributed by atoms with Gasteiger partial charge in [0.15, 0.2) is 18.1 Å². The van der Waals surface area contributed by atoms with Crippen molar-refractivity contribution in [2.45, 2.75) is 6.54 Å². The standard InChI is InChI=1S/C20H24N2O3/c1-24-18-9-5-6-10-19(18)25-16-20(23)22-13-11-21(12-14-22)15-17-7-3-2-4-8-17/h2-10H,11-16H2,1H3. The van der Waals surface area contributed by atoms with E-state index in [9.17, 15) is 4.79 Å². The third-order valence-electron chi connectivity index (χ3n) is 4.39. The predicted molar refractivity (Wildman–Crippen MR) is 96.8 cm³/mol. The number of carbonyl (C=O) groups excluding carboxylic acids is 1. The third-order valence-corrected chi connectivity index (χ3v) is 4.39. The molecule has 1 fully saturated rings. The topological polar surface area (TPSA) is 42.0 Å². The van der Waals surface area contributed by atoms with Crippen molar-refractivity contribution in [3.8, 4) is 11.5 Å². The number of carbonyl (C=O) groups is 1. The van der Waals surface area contributed by atoms with E-state index in [0.717, 1.165) is 32.7 Å². The highest BCUT2D eigenvalue weighted by Gasteiger charge is 2.21. The summed E-state index contributed by atoms with van der Waals surface area (Å²) in [6.07, 6.45) is 0. The van der Waals surface area contributed by atoms with Crippen molar-refractivity contribution in [1.82, 2.24) is 9.80 Å². The van der Waals surface area contributed by atoms with Gasteiger partial charge in [-0.3, -0.25) is 9.69 Å². The lowest BCUT2D eigenvalue weighted by molar-refractivity contribution is -0.135. The quantitative estimate of drug-likeness (QED) is 0.810. The molecule has 0 bridgehead atoms. The Balaban J connectivity index is 1.45. The van der Waals surface area contributed by atoms with E-state index in [1.165, 1.54) is 5.56 Å². The van der Waals surface area contributed by atoms with Crippen LogP contribution in [0.4, 0.5) is 0 Å². The summed E-state index contributed by atoms with van der Waals surface area (Å²) in [5.41, 5.74) is 1.31. The van der Waals surface area contributed by atoms with E-state index < -0.39 is 0 Å². The van der Waals surface area contributed by atoms with Gasteiger partial charge in [0.1, 0.15) is 0 Å². The van der Waals surface area contributed by atoms with Crippen LogP contribution >= 0.6 is 0 Å². The fraction of sp³-hybridized carbons (Fsp3) is 0.350. The van der Waals surface area contributed by atoms with Gasteiger partial charge in [0, 0.05) is 32.7 Å². The minimum Gasteiger partial charge on any atom is -0.493 e. The summed E-state index contributed by atoms with van der Waals surface area (Å²) < 4.78 is 10.9. The highest BCUT2D eigenvalue weighted by atomic mass is 16.5. The van der Waals surface area contributed by atoms with E-state index in [4.69, 9.17) is 9.47 Å². The maximum Gasteiger partial charge on any atom is 0.260 e. The molecule has 1 amide bonds. The molecule has 1 heterocycles. The Morgan fingerprint density at radius 3 is 2.24 bits per heavy atom. The lowest BCUT2D eigenvalue weighted by Gasteiger charge is -2.34. The average Bonchev–Trinajstić information content (AvgIpc) is 2.67. The summed E-state index contributed by atoms with van der Waals surface area (Å²) in [5, 5.41) is 0. The number of para-hydroxylation sites is 2. The molecule has 0 radical (unpaired) electrons. The van der Waals surface area contributed by atoms with Crippen LogP contribution in [0.1, 0.15) is 5.56 Å². The molecule has 0 saturated carbocycles. The SMILES string of the molecule is COc1ccccc1OCC(=O)N1CCN(Cc2ccccc2)CC1. The summed E-state index contributed by atoms with van der Waals surface area (Å²) in [7, 11) is 1.59. The van der Waals surface area contributed by atoms with Crippen LogP contribution in [0.2, 0.25) is 0 Å². The zero-order valence-corrected chi connectivity index (χ0v) is 14.6. The minimum atomic E-state index is 0.0188. The van der Waals surface area contributed by atoms with Gasteiger partial charge in [-0.1, -0.05) is 42.5 Å². The Morgan fingerprint density at radius 2 is 1.56 bits per heavy atom. The molecule has 5 heteroatoms. The highest BCUT2D eigenvalue weighted by molar-refractivity contribution is 5.78. The second-order valence-corrected chi connectivity index (χ2v) is 6.08. The van der Waals surface area contributed by atoms with Crippen LogP contribution in [-0.4, -0.2) is 55.6 Å². The molecule has 1 aliphatic rings. The fourth-order valence-electron chi connectivity index (χ4n) is 2.97. The van der Waals surface area contributed by atoms with Crippen molar-refractivity contribution in [2.75, 3.05) is 39.9 Å². The number of piperazine rings is 1. The first-order valence-corrected chi connectivity index (χ1v) is 8.56. The van der Waals surface area contributed by atoms with Crippen LogP contribution in [0.15, 0.2) is 54.6 Å². The first-order chi connectivity index (χ1) is 12.3. The van der Waals surface area contributed by atoms with Gasteiger partial charge in [-0.05, 0) is 17.7 Å². The van der Waals surface area contributed by atoms with E-state index in [0.29, 0.717) is 11.5 Å². The summed E-state index contributed by atoms with van der Waals surface area (Å²) in [4.78, 5) is 16.6. The first kappa shape index (κ1) is 17.3. The number of amides is 1. The van der Waals surface area contributed by atoms with Crippen LogP contribution in [0.25, 0.3) is 0 Å². The molecule has 0 unspecified atom stereocenters. The Labute approximate surface area is 148 Å². The molecule has 1 aliphatic heterocycles. The molecule has 0 aliphatic carbocycles. The maximum absolute atomic E-state index is 12.4. The van der Waals surface area contributed by atoms with Crippen molar-refractivity contribution in [1.29, 1.82) is 0 Å². The molecule has 1 saturated heterocycles. The smallest absolute Gasteiger partial charge is 0.260 e. The Hall–Kier alpha value is -2.53. The molecule has 2 aromatic rings. The number of nitrogens with zero attached hydrogens (tertiary/aromatic N) is 2. The van der Waals surface area contributed by atoms with Crippen molar-refractivity contribution >= 4 is 5.91 Å². The number of methoxy groups -OCH3 is 1. The molecular weight excluding hydrogens is 316 g/mol. The molecule has 2 aromatic carbocycles. The van der Waals surface area contributed by atoms with Gasteiger partial charge in [0.2, 0.25) is 0 Å². The molecule has 0 spiro atoms. The minimum absolute atomic E-state index is 0.0188. The lowest BCUT2D eigenvalue weighted by atomic mass is 10.2. The van der Waals surface area contributed by atoms with Gasteiger partial charge < -0.3 is 14.4 Å². The lowest BCUT2D eigenvalue weighted by Crippen LogP contribution is -2.49. The van der Waals surface area contributed by atoms with Gasteiger partial charge in [-0.2, -0.15) is 0 Å². The second-order valence-electron chi connectivity index (χ2n) is 6.08. The zero-order valence-electron chi connectivity index (χ0n) is 14.6. The first-order valence-electron chi connectivity index (χ1n) is 8.56. The number of benzene rings is 2. The van der Waals surface area contributed by atoms with E-state index in [1.807, 2.05) is 35.2 Å². The molecule has 5 nitrogen and oxygen atoms in total. The molecule has 0 N–H and O–H groups in total. The zero-order chi connectivity index (χ0) is 17.5. The van der Waals surface area contributed by atoms with E-state index in [2.05, 4.69) is 29.2 Å². The molecule has 0 atom stereocenters. The summed E-state index contributed by atoms with van der Waals surface area (Å²) >= 11 is 0. The molecule has 3 rings (SSSR count). The van der Waals surface area contributed by atoms with Crippen molar-refractivity contribution < 1.29 is 14.3 Å². The Bertz CT molecular complexity index is 682. The molecule has 132 valence electrons. The number of hydrogen-bond acceptors (Lipinski definition) is 4. The molecule has 25 heavy (non-hydrogen) atoms. The van der Waals surface area contributed by atoms with Crippen LogP contribution < -0.4 is 9.47 Å². The van der Waals surface area contributed by atoms with Gasteiger partial charge in [-0.25, -0.2) is 0 Å². The summed E-state index contributed by atoms with van der Waals surface area (Å²) in [5.74, 6) is 1.26. The van der Waals surface area contributed by atoms with E-state index >= 15 is 0 Å². The normalized spacial score (nSPS) is 15.0. The van der Waals surface area contributed by atoms with Gasteiger partial charge in [-0.15, -0.1) is 0 Å². The predicted octanol–water partition coefficient (Wildman–Crippen LogP) is 2.42. The van der Waals surface area contributed by atoms with Gasteiger partial charge in [0.25, 0.3) is 5.91 Å². The van der Waals surface area contributed by atoms with Crippen molar-refractivity contribution in [3.63, 3.8) is 0 Å². The van der Waals surface area contributed by atoms with E-state index in [1.54, 1.807) is 7.11 Å². The number of hydrogen-bond donors (Lipinski definition) is 0. The van der Waals surface area contributed by atoms with Gasteiger partial charge >= 0.3 is 0 Å². The Morgan fingerprint density at radius 1 is 0.920 bits per heavy atom. The van der Waals surface area contributed by atoms with Crippen LogP contribution in [0.5, 0.6) is 11.5 Å². The maximum atomic E-state index is 12.4. The Kier molecular flexibility index (Phi) is 5.90. The van der Waals surface area contributed by atoms with Crippen LogP contribution in [0, 0.1) is 0 Å². The average molecular weight is 340 g/mol. The van der Waals surface area contributed by atoms with Gasteiger partial charge in [0.05, 0.1) is 7.11 Å². The number of ether oxygens (including phenoxy) is 2. The fourth-order valence-corrected chi connectivity index (χ4v) is 2.97. The van der Waals surface area contributed by atoms with Crippen molar-refractivity contribution in [2.24, 2.45) is 0 Å². The highest BCUT2D eigenvalue weighted by Crippen LogP contribution is 2.25. The van der Waals surface area contributed by atoms with E-state index in [-0.39, 0.29) is 12.5 Å². The third kappa shape index (κ3) is 4.73. The second kappa shape index (κ2) is 8.53.